The summed E-state index contributed by atoms with van der Waals surface area (Å²) in [7, 11) is 0. The SMILES string of the molecule is C=C1CCC(C)C1.CC(C)(O)O. The molecule has 0 aromatic carbocycles. The standard InChI is InChI=1S/C7H12.C3H8O2/c1-6-3-4-7(2)5-6;1-3(2,4)5/h7H,1,3-5H2,2H3;4-5H,1-2H3. The summed E-state index contributed by atoms with van der Waals surface area (Å²) in [5.74, 6) is -0.576. The van der Waals surface area contributed by atoms with Crippen LogP contribution < -0.4 is 0 Å². The van der Waals surface area contributed by atoms with Crippen LogP contribution in [0.25, 0.3) is 0 Å². The Kier molecular flexibility index (Phi) is 4.50. The molecule has 0 aliphatic heterocycles. The second-order valence-corrected chi connectivity index (χ2v) is 4.09. The molecule has 0 aromatic rings. The van der Waals surface area contributed by atoms with Gasteiger partial charge in [0.25, 0.3) is 0 Å². The molecule has 0 amide bonds. The van der Waals surface area contributed by atoms with E-state index in [1.54, 1.807) is 0 Å². The summed E-state index contributed by atoms with van der Waals surface area (Å²) in [6.07, 6.45) is 3.93. The highest BCUT2D eigenvalue weighted by atomic mass is 16.5. The first-order chi connectivity index (χ1) is 5.29. The zero-order valence-corrected chi connectivity index (χ0v) is 8.30. The minimum Gasteiger partial charge on any atom is -0.366 e. The average Bonchev–Trinajstić information content (AvgIpc) is 2.09. The van der Waals surface area contributed by atoms with Crippen LogP contribution in [0.3, 0.4) is 0 Å². The number of aliphatic hydroxyl groups is 2. The van der Waals surface area contributed by atoms with Crippen molar-refractivity contribution in [2.45, 2.75) is 45.8 Å². The highest BCUT2D eigenvalue weighted by molar-refractivity contribution is 5.00. The second kappa shape index (κ2) is 4.63. The summed E-state index contributed by atoms with van der Waals surface area (Å²) < 4.78 is 0. The molecule has 0 radical (unpaired) electrons. The summed E-state index contributed by atoms with van der Waals surface area (Å²) in [5, 5.41) is 16.2. The van der Waals surface area contributed by atoms with Crippen LogP contribution in [-0.2, 0) is 0 Å². The van der Waals surface area contributed by atoms with Crippen molar-refractivity contribution in [1.82, 2.24) is 0 Å². The Labute approximate surface area is 74.9 Å². The molecule has 1 atom stereocenters. The normalized spacial score (nSPS) is 23.4. The predicted octanol–water partition coefficient (Wildman–Crippen LogP) is 2.07. The van der Waals surface area contributed by atoms with Gasteiger partial charge in [-0.25, -0.2) is 0 Å². The van der Waals surface area contributed by atoms with Crippen LogP contribution in [0, 0.1) is 5.92 Å². The van der Waals surface area contributed by atoms with Gasteiger partial charge in [0.05, 0.1) is 0 Å². The molecule has 0 saturated heterocycles. The van der Waals surface area contributed by atoms with E-state index in [1.807, 2.05) is 0 Å². The highest BCUT2D eigenvalue weighted by Crippen LogP contribution is 2.27. The molecule has 0 bridgehead atoms. The third-order valence-corrected chi connectivity index (χ3v) is 1.63. The Morgan fingerprint density at radius 2 is 1.83 bits per heavy atom. The Hall–Kier alpha value is -0.340. The lowest BCUT2D eigenvalue weighted by atomic mass is 10.1. The maximum Gasteiger partial charge on any atom is 0.156 e. The fourth-order valence-electron chi connectivity index (χ4n) is 1.15. The van der Waals surface area contributed by atoms with E-state index in [0.29, 0.717) is 0 Å². The Morgan fingerprint density at radius 3 is 1.92 bits per heavy atom. The van der Waals surface area contributed by atoms with Crippen molar-refractivity contribution in [2.24, 2.45) is 5.92 Å². The second-order valence-electron chi connectivity index (χ2n) is 4.09. The first-order valence-corrected chi connectivity index (χ1v) is 4.40. The minimum atomic E-state index is -1.50. The molecular formula is C10H20O2. The number of hydrogen-bond donors (Lipinski definition) is 2. The van der Waals surface area contributed by atoms with Crippen LogP contribution in [0.1, 0.15) is 40.0 Å². The Morgan fingerprint density at radius 1 is 1.42 bits per heavy atom. The van der Waals surface area contributed by atoms with E-state index in [9.17, 15) is 0 Å². The Bertz CT molecular complexity index is 138. The van der Waals surface area contributed by atoms with E-state index in [-0.39, 0.29) is 0 Å². The van der Waals surface area contributed by atoms with Crippen molar-refractivity contribution in [1.29, 1.82) is 0 Å². The molecule has 2 N–H and O–H groups in total. The van der Waals surface area contributed by atoms with E-state index in [0.717, 1.165) is 5.92 Å². The largest absolute Gasteiger partial charge is 0.366 e. The van der Waals surface area contributed by atoms with Crippen LogP contribution >= 0.6 is 0 Å². The van der Waals surface area contributed by atoms with Gasteiger partial charge in [0.15, 0.2) is 5.79 Å². The monoisotopic (exact) mass is 172 g/mol. The molecule has 0 heterocycles. The van der Waals surface area contributed by atoms with Gasteiger partial charge in [-0.15, -0.1) is 0 Å². The summed E-state index contributed by atoms with van der Waals surface area (Å²) in [6, 6.07) is 0. The molecule has 72 valence electrons. The molecule has 2 heteroatoms. The smallest absolute Gasteiger partial charge is 0.156 e. The molecule has 0 aromatic heterocycles. The third-order valence-electron chi connectivity index (χ3n) is 1.63. The fourth-order valence-corrected chi connectivity index (χ4v) is 1.15. The molecule has 1 unspecified atom stereocenters. The van der Waals surface area contributed by atoms with Gasteiger partial charge in [-0.1, -0.05) is 19.1 Å². The zero-order valence-electron chi connectivity index (χ0n) is 8.30. The van der Waals surface area contributed by atoms with Gasteiger partial charge in [0.2, 0.25) is 0 Å². The first-order valence-electron chi connectivity index (χ1n) is 4.40. The van der Waals surface area contributed by atoms with Crippen LogP contribution in [0.2, 0.25) is 0 Å². The highest BCUT2D eigenvalue weighted by Gasteiger charge is 2.11. The van der Waals surface area contributed by atoms with E-state index in [1.165, 1.54) is 38.7 Å². The molecule has 12 heavy (non-hydrogen) atoms. The van der Waals surface area contributed by atoms with E-state index < -0.39 is 5.79 Å². The molecule has 1 rings (SSSR count). The van der Waals surface area contributed by atoms with Gasteiger partial charge >= 0.3 is 0 Å². The van der Waals surface area contributed by atoms with Gasteiger partial charge in [0.1, 0.15) is 0 Å². The Balaban J connectivity index is 0.000000217. The maximum absolute atomic E-state index is 8.08. The van der Waals surface area contributed by atoms with E-state index >= 15 is 0 Å². The lowest BCUT2D eigenvalue weighted by Gasteiger charge is -2.03. The van der Waals surface area contributed by atoms with Crippen molar-refractivity contribution in [2.75, 3.05) is 0 Å². The predicted molar refractivity (Wildman–Crippen MR) is 50.7 cm³/mol. The van der Waals surface area contributed by atoms with Crippen molar-refractivity contribution in [3.05, 3.63) is 12.2 Å². The lowest BCUT2D eigenvalue weighted by molar-refractivity contribution is -0.127. The lowest BCUT2D eigenvalue weighted by Crippen LogP contribution is -2.15. The van der Waals surface area contributed by atoms with Crippen LogP contribution in [0.4, 0.5) is 0 Å². The molecule has 1 aliphatic carbocycles. The molecular weight excluding hydrogens is 152 g/mol. The van der Waals surface area contributed by atoms with Gasteiger partial charge in [-0.05, 0) is 39.0 Å². The first kappa shape index (κ1) is 11.7. The molecule has 1 saturated carbocycles. The van der Waals surface area contributed by atoms with Crippen molar-refractivity contribution in [3.63, 3.8) is 0 Å². The number of hydrogen-bond acceptors (Lipinski definition) is 2. The van der Waals surface area contributed by atoms with Crippen molar-refractivity contribution in [3.8, 4) is 0 Å². The summed E-state index contributed by atoms with van der Waals surface area (Å²) in [6.45, 7) is 8.79. The summed E-state index contributed by atoms with van der Waals surface area (Å²) >= 11 is 0. The molecule has 1 fully saturated rings. The topological polar surface area (TPSA) is 40.5 Å². The number of rotatable bonds is 0. The van der Waals surface area contributed by atoms with Gasteiger partial charge in [-0.2, -0.15) is 0 Å². The van der Waals surface area contributed by atoms with Gasteiger partial charge in [0, 0.05) is 0 Å². The van der Waals surface area contributed by atoms with Gasteiger partial charge < -0.3 is 10.2 Å². The molecule has 1 aliphatic rings. The van der Waals surface area contributed by atoms with E-state index in [4.69, 9.17) is 10.2 Å². The number of allylic oxidation sites excluding steroid dienone is 1. The minimum absolute atomic E-state index is 0.924. The van der Waals surface area contributed by atoms with Crippen LogP contribution in [-0.4, -0.2) is 16.0 Å². The quantitative estimate of drug-likeness (QED) is 0.434. The van der Waals surface area contributed by atoms with Crippen molar-refractivity contribution < 1.29 is 10.2 Å². The fraction of sp³-hybridized carbons (Fsp3) is 0.800. The van der Waals surface area contributed by atoms with Crippen molar-refractivity contribution >= 4 is 0 Å². The maximum atomic E-state index is 8.08. The molecule has 0 spiro atoms. The average molecular weight is 172 g/mol. The molecule has 2 nitrogen and oxygen atoms in total. The summed E-state index contributed by atoms with van der Waals surface area (Å²) in [4.78, 5) is 0. The van der Waals surface area contributed by atoms with E-state index in [2.05, 4.69) is 13.5 Å². The zero-order chi connectivity index (χ0) is 9.78. The third kappa shape index (κ3) is 9.66. The van der Waals surface area contributed by atoms with Gasteiger partial charge in [-0.3, -0.25) is 0 Å². The van der Waals surface area contributed by atoms with Crippen LogP contribution in [0.15, 0.2) is 12.2 Å². The van der Waals surface area contributed by atoms with Crippen LogP contribution in [0.5, 0.6) is 0 Å². The summed E-state index contributed by atoms with van der Waals surface area (Å²) in [5.41, 5.74) is 1.45.